The molecule has 0 aromatic carbocycles. The predicted molar refractivity (Wildman–Crippen MR) is 101 cm³/mol. The molecular formula is C17H25N7O4. The lowest BCUT2D eigenvalue weighted by Crippen LogP contribution is -2.33. The fourth-order valence-corrected chi connectivity index (χ4v) is 3.64. The maximum atomic E-state index is 10.3. The number of rotatable bonds is 5. The van der Waals surface area contributed by atoms with Gasteiger partial charge in [0.15, 0.2) is 17.7 Å². The van der Waals surface area contributed by atoms with Gasteiger partial charge in [-0.3, -0.25) is 9.99 Å². The molecule has 2 aliphatic rings. The second-order valence-electron chi connectivity index (χ2n) is 7.12. The molecule has 4 rings (SSSR count). The minimum Gasteiger partial charge on any atom is -0.394 e. The lowest BCUT2D eigenvalue weighted by Gasteiger charge is -2.17. The zero-order valence-corrected chi connectivity index (χ0v) is 15.3. The summed E-state index contributed by atoms with van der Waals surface area (Å²) in [5.74, 6) is 0.413. The van der Waals surface area contributed by atoms with E-state index in [9.17, 15) is 15.3 Å². The van der Waals surface area contributed by atoms with Crippen molar-refractivity contribution in [3.63, 3.8) is 0 Å². The number of anilines is 2. The van der Waals surface area contributed by atoms with Crippen LogP contribution in [0.25, 0.3) is 11.2 Å². The monoisotopic (exact) mass is 391 g/mol. The summed E-state index contributed by atoms with van der Waals surface area (Å²) in [6.45, 7) is -0.413. The fraction of sp³-hybridized carbons (Fsp3) is 0.588. The average Bonchev–Trinajstić information content (AvgIpc) is 3.24. The van der Waals surface area contributed by atoms with E-state index in [0.29, 0.717) is 11.2 Å². The molecule has 11 heteroatoms. The number of imidazole rings is 1. The topological polar surface area (TPSA) is 164 Å². The highest BCUT2D eigenvalue weighted by Gasteiger charge is 2.44. The van der Waals surface area contributed by atoms with Crippen LogP contribution in [0.15, 0.2) is 18.1 Å². The first kappa shape index (κ1) is 18.9. The summed E-state index contributed by atoms with van der Waals surface area (Å²) in [6, 6.07) is 0. The molecule has 1 saturated carbocycles. The third-order valence-corrected chi connectivity index (χ3v) is 5.20. The molecule has 28 heavy (non-hydrogen) atoms. The van der Waals surface area contributed by atoms with Gasteiger partial charge in [0.25, 0.3) is 0 Å². The Labute approximate surface area is 161 Å². The molecule has 2 fully saturated rings. The summed E-state index contributed by atoms with van der Waals surface area (Å²) in [4.78, 5) is 12.8. The van der Waals surface area contributed by atoms with Crippen molar-refractivity contribution in [3.05, 3.63) is 18.1 Å². The molecule has 0 bridgehead atoms. The number of hydrogen-bond donors (Lipinski definition) is 6. The summed E-state index contributed by atoms with van der Waals surface area (Å²) < 4.78 is 7.03. The molecular weight excluding hydrogens is 366 g/mol. The number of nitrogens with two attached hydrogens (primary N) is 1. The van der Waals surface area contributed by atoms with Crippen LogP contribution in [0.5, 0.6) is 0 Å². The van der Waals surface area contributed by atoms with Gasteiger partial charge in [0.05, 0.1) is 12.9 Å². The number of hydrogen-bond acceptors (Lipinski definition) is 10. The molecule has 1 aliphatic heterocycles. The molecule has 1 aliphatic carbocycles. The van der Waals surface area contributed by atoms with E-state index < -0.39 is 31.1 Å². The number of allylic oxidation sites excluding steroid dienone is 1. The van der Waals surface area contributed by atoms with Crippen LogP contribution in [0.1, 0.15) is 38.3 Å². The summed E-state index contributed by atoms with van der Waals surface area (Å²) >= 11 is 0. The summed E-state index contributed by atoms with van der Waals surface area (Å²) in [5.41, 5.74) is 13.9. The number of aliphatic hydroxyl groups is 3. The number of hydrazine groups is 1. The molecule has 152 valence electrons. The SMILES string of the molecule is Nc1nc(NNC=C2CCCCC2)nc2c1ncn2[C@@H]1O[C@H](CO)[C@H](O)C1O. The van der Waals surface area contributed by atoms with Crippen LogP contribution in [0.4, 0.5) is 11.8 Å². The van der Waals surface area contributed by atoms with Gasteiger partial charge in [-0.05, 0) is 25.7 Å². The van der Waals surface area contributed by atoms with Crippen LogP contribution in [-0.4, -0.2) is 59.8 Å². The van der Waals surface area contributed by atoms with Crippen LogP contribution in [-0.2, 0) is 4.74 Å². The Morgan fingerprint density at radius 2 is 2.00 bits per heavy atom. The quantitative estimate of drug-likeness (QED) is 0.376. The first-order valence-corrected chi connectivity index (χ1v) is 9.40. The molecule has 2 aromatic heterocycles. The van der Waals surface area contributed by atoms with Gasteiger partial charge in [-0.1, -0.05) is 12.0 Å². The van der Waals surface area contributed by atoms with Crippen molar-refractivity contribution >= 4 is 22.9 Å². The highest BCUT2D eigenvalue weighted by atomic mass is 16.6. The molecule has 7 N–H and O–H groups in total. The molecule has 11 nitrogen and oxygen atoms in total. The van der Waals surface area contributed by atoms with Gasteiger partial charge in [0.2, 0.25) is 5.95 Å². The number of nitrogens with zero attached hydrogens (tertiary/aromatic N) is 4. The molecule has 4 atom stereocenters. The molecule has 0 radical (unpaired) electrons. The Kier molecular flexibility index (Phi) is 5.31. The van der Waals surface area contributed by atoms with Crippen molar-refractivity contribution in [1.29, 1.82) is 0 Å². The Morgan fingerprint density at radius 3 is 2.71 bits per heavy atom. The van der Waals surface area contributed by atoms with E-state index in [4.69, 9.17) is 10.5 Å². The molecule has 0 amide bonds. The van der Waals surface area contributed by atoms with E-state index in [0.717, 1.165) is 12.8 Å². The van der Waals surface area contributed by atoms with Gasteiger partial charge in [0.1, 0.15) is 23.8 Å². The summed E-state index contributed by atoms with van der Waals surface area (Å²) in [5, 5.41) is 29.5. The van der Waals surface area contributed by atoms with Crippen molar-refractivity contribution in [2.24, 2.45) is 0 Å². The van der Waals surface area contributed by atoms with Crippen molar-refractivity contribution < 1.29 is 20.1 Å². The zero-order valence-electron chi connectivity index (χ0n) is 15.3. The van der Waals surface area contributed by atoms with Gasteiger partial charge >= 0.3 is 0 Å². The summed E-state index contributed by atoms with van der Waals surface area (Å²) in [7, 11) is 0. The minimum absolute atomic E-state index is 0.171. The Morgan fingerprint density at radius 1 is 1.21 bits per heavy atom. The minimum atomic E-state index is -1.24. The number of aliphatic hydroxyl groups excluding tert-OH is 3. The maximum absolute atomic E-state index is 10.3. The van der Waals surface area contributed by atoms with Crippen LogP contribution in [0, 0.1) is 0 Å². The van der Waals surface area contributed by atoms with Gasteiger partial charge < -0.3 is 31.2 Å². The van der Waals surface area contributed by atoms with Crippen LogP contribution in [0.3, 0.4) is 0 Å². The molecule has 3 heterocycles. The third kappa shape index (κ3) is 3.49. The number of ether oxygens (including phenoxy) is 1. The Bertz CT molecular complexity index is 863. The second kappa shape index (κ2) is 7.87. The average molecular weight is 391 g/mol. The van der Waals surface area contributed by atoms with E-state index in [1.54, 1.807) is 0 Å². The summed E-state index contributed by atoms with van der Waals surface area (Å²) in [6.07, 6.45) is 4.87. The van der Waals surface area contributed by atoms with E-state index in [1.807, 2.05) is 6.20 Å². The van der Waals surface area contributed by atoms with E-state index >= 15 is 0 Å². The highest BCUT2D eigenvalue weighted by molar-refractivity contribution is 5.82. The zero-order chi connectivity index (χ0) is 19.7. The highest BCUT2D eigenvalue weighted by Crippen LogP contribution is 2.32. The smallest absolute Gasteiger partial charge is 0.245 e. The van der Waals surface area contributed by atoms with Gasteiger partial charge in [-0.2, -0.15) is 9.97 Å². The van der Waals surface area contributed by atoms with Crippen LogP contribution < -0.4 is 16.6 Å². The molecule has 1 saturated heterocycles. The first-order chi connectivity index (χ1) is 13.6. The van der Waals surface area contributed by atoms with Crippen molar-refractivity contribution in [2.45, 2.75) is 56.6 Å². The maximum Gasteiger partial charge on any atom is 0.245 e. The predicted octanol–water partition coefficient (Wildman–Crippen LogP) is -0.216. The lowest BCUT2D eigenvalue weighted by molar-refractivity contribution is -0.0511. The molecule has 0 spiro atoms. The van der Waals surface area contributed by atoms with E-state index in [2.05, 4.69) is 25.8 Å². The Hall–Kier alpha value is -2.47. The van der Waals surface area contributed by atoms with E-state index in [1.165, 1.54) is 35.7 Å². The van der Waals surface area contributed by atoms with Crippen LogP contribution in [0.2, 0.25) is 0 Å². The second-order valence-corrected chi connectivity index (χ2v) is 7.12. The van der Waals surface area contributed by atoms with Gasteiger partial charge in [-0.25, -0.2) is 4.98 Å². The molecule has 1 unspecified atom stereocenters. The fourth-order valence-electron chi connectivity index (χ4n) is 3.64. The van der Waals surface area contributed by atoms with Crippen molar-refractivity contribution in [2.75, 3.05) is 17.8 Å². The standard InChI is InChI=1S/C17H25N7O4/c18-14-11-15(22-17(21-14)23-20-6-9-4-2-1-3-5-9)24(8-19-11)16-13(27)12(26)10(7-25)28-16/h6,8,10,12-13,16,20,25-27H,1-5,7H2,(H3,18,21,22,23)/t10-,12+,13?,16-/m1/s1. The number of nitrogens with one attached hydrogen (secondary N) is 2. The number of fused-ring (bicyclic) bond motifs is 1. The van der Waals surface area contributed by atoms with Gasteiger partial charge in [-0.15, -0.1) is 0 Å². The largest absolute Gasteiger partial charge is 0.394 e. The number of nitrogen functional groups attached to an aromatic ring is 1. The normalized spacial score (nSPS) is 27.9. The first-order valence-electron chi connectivity index (χ1n) is 9.40. The van der Waals surface area contributed by atoms with Gasteiger partial charge in [0, 0.05) is 6.20 Å². The molecule has 2 aromatic rings. The third-order valence-electron chi connectivity index (χ3n) is 5.20. The number of aromatic nitrogens is 4. The Balaban J connectivity index is 1.56. The van der Waals surface area contributed by atoms with Crippen LogP contribution >= 0.6 is 0 Å². The van der Waals surface area contributed by atoms with Crippen molar-refractivity contribution in [3.8, 4) is 0 Å². The van der Waals surface area contributed by atoms with E-state index in [-0.39, 0.29) is 11.8 Å². The lowest BCUT2D eigenvalue weighted by atomic mass is 9.96. The van der Waals surface area contributed by atoms with Crippen molar-refractivity contribution in [1.82, 2.24) is 24.9 Å².